The van der Waals surface area contributed by atoms with Gasteiger partial charge in [-0.25, -0.2) is 9.78 Å². The molecule has 6 heteroatoms. The van der Waals surface area contributed by atoms with Crippen LogP contribution in [-0.4, -0.2) is 40.7 Å². The van der Waals surface area contributed by atoms with Gasteiger partial charge in [-0.3, -0.25) is 0 Å². The quantitative estimate of drug-likeness (QED) is 0.794. The number of halogens is 1. The fourth-order valence-electron chi connectivity index (χ4n) is 1.89. The Hall–Kier alpha value is -1.33. The van der Waals surface area contributed by atoms with Crippen LogP contribution >= 0.6 is 11.6 Å². The van der Waals surface area contributed by atoms with E-state index in [9.17, 15) is 4.79 Å². The molecule has 0 atom stereocenters. The van der Waals surface area contributed by atoms with Crippen LogP contribution in [0.4, 0.5) is 4.79 Å². The summed E-state index contributed by atoms with van der Waals surface area (Å²) in [6.07, 6.45) is 2.22. The molecular weight excluding hydrogens is 290 g/mol. The van der Waals surface area contributed by atoms with E-state index >= 15 is 0 Å². The summed E-state index contributed by atoms with van der Waals surface area (Å²) in [4.78, 5) is 18.0. The summed E-state index contributed by atoms with van der Waals surface area (Å²) in [6.45, 7) is 7.90. The zero-order valence-electron chi connectivity index (χ0n) is 12.9. The van der Waals surface area contributed by atoms with Crippen LogP contribution in [0.2, 0.25) is 5.15 Å². The van der Waals surface area contributed by atoms with Crippen LogP contribution in [0.1, 0.15) is 32.8 Å². The Morgan fingerprint density at radius 3 is 2.67 bits per heavy atom. The monoisotopic (exact) mass is 313 g/mol. The molecule has 0 saturated carbocycles. The largest absolute Gasteiger partial charge is 0.396 e. The third-order valence-electron chi connectivity index (χ3n) is 2.77. The first-order valence-electron chi connectivity index (χ1n) is 7.06. The highest BCUT2D eigenvalue weighted by Crippen LogP contribution is 2.15. The molecule has 0 spiro atoms. The molecule has 1 heterocycles. The lowest BCUT2D eigenvalue weighted by Gasteiger charge is -2.30. The first-order valence-corrected chi connectivity index (χ1v) is 7.44. The van der Waals surface area contributed by atoms with Crippen molar-refractivity contribution in [1.82, 2.24) is 15.2 Å². The van der Waals surface area contributed by atoms with Crippen LogP contribution in [0, 0.1) is 5.41 Å². The normalized spacial score (nSPS) is 11.3. The molecule has 0 aliphatic carbocycles. The van der Waals surface area contributed by atoms with E-state index in [-0.39, 0.29) is 18.1 Å². The van der Waals surface area contributed by atoms with Crippen molar-refractivity contribution in [3.63, 3.8) is 0 Å². The highest BCUT2D eigenvalue weighted by molar-refractivity contribution is 6.29. The number of hydrogen-bond acceptors (Lipinski definition) is 3. The van der Waals surface area contributed by atoms with E-state index in [1.807, 2.05) is 6.07 Å². The van der Waals surface area contributed by atoms with Crippen molar-refractivity contribution in [2.75, 3.05) is 19.7 Å². The second-order valence-electron chi connectivity index (χ2n) is 6.21. The van der Waals surface area contributed by atoms with Crippen LogP contribution in [-0.2, 0) is 6.54 Å². The second kappa shape index (κ2) is 8.20. The molecule has 1 aromatic heterocycles. The lowest BCUT2D eigenvalue weighted by atomic mass is 9.96. The Bertz CT molecular complexity index is 443. The minimum atomic E-state index is -0.131. The SMILES string of the molecule is CC(C)(C)CN(CCCO)C(=O)NCc1ccc(Cl)nc1. The summed E-state index contributed by atoms with van der Waals surface area (Å²) in [5, 5.41) is 12.3. The van der Waals surface area contributed by atoms with Crippen LogP contribution in [0.5, 0.6) is 0 Å². The Kier molecular flexibility index (Phi) is 6.92. The standard InChI is InChI=1S/C15H24ClN3O2/c1-15(2,3)11-19(7-4-8-20)14(21)18-10-12-5-6-13(16)17-9-12/h5-6,9,20H,4,7-8,10-11H2,1-3H3,(H,18,21). The number of pyridine rings is 1. The minimum absolute atomic E-state index is 0.00856. The third-order valence-corrected chi connectivity index (χ3v) is 2.99. The molecule has 0 aromatic carbocycles. The number of nitrogens with zero attached hydrogens (tertiary/aromatic N) is 2. The number of carbonyl (C=O) groups excluding carboxylic acids is 1. The molecule has 1 aromatic rings. The lowest BCUT2D eigenvalue weighted by Crippen LogP contribution is -2.44. The number of nitrogens with one attached hydrogen (secondary N) is 1. The molecule has 5 nitrogen and oxygen atoms in total. The van der Waals surface area contributed by atoms with Gasteiger partial charge in [-0.15, -0.1) is 0 Å². The van der Waals surface area contributed by atoms with Crippen molar-refractivity contribution in [2.24, 2.45) is 5.41 Å². The fourth-order valence-corrected chi connectivity index (χ4v) is 2.00. The van der Waals surface area contributed by atoms with E-state index in [1.54, 1.807) is 17.2 Å². The van der Waals surface area contributed by atoms with Crippen LogP contribution in [0.15, 0.2) is 18.3 Å². The summed E-state index contributed by atoms with van der Waals surface area (Å²) < 4.78 is 0. The van der Waals surface area contributed by atoms with Crippen molar-refractivity contribution in [2.45, 2.75) is 33.7 Å². The van der Waals surface area contributed by atoms with E-state index in [1.165, 1.54) is 0 Å². The highest BCUT2D eigenvalue weighted by atomic mass is 35.5. The first kappa shape index (κ1) is 17.7. The molecule has 0 radical (unpaired) electrons. The van der Waals surface area contributed by atoms with Gasteiger partial charge in [0.2, 0.25) is 0 Å². The smallest absolute Gasteiger partial charge is 0.317 e. The molecule has 1 rings (SSSR count). The molecule has 0 bridgehead atoms. The van der Waals surface area contributed by atoms with Gasteiger partial charge in [-0.2, -0.15) is 0 Å². The van der Waals surface area contributed by atoms with Gasteiger partial charge >= 0.3 is 6.03 Å². The molecule has 21 heavy (non-hydrogen) atoms. The molecule has 2 N–H and O–H groups in total. The predicted molar refractivity (Wildman–Crippen MR) is 84.2 cm³/mol. The van der Waals surface area contributed by atoms with Crippen LogP contribution < -0.4 is 5.32 Å². The summed E-state index contributed by atoms with van der Waals surface area (Å²) in [5.74, 6) is 0. The van der Waals surface area contributed by atoms with E-state index in [0.29, 0.717) is 31.2 Å². The van der Waals surface area contributed by atoms with Crippen LogP contribution in [0.25, 0.3) is 0 Å². The van der Waals surface area contributed by atoms with Gasteiger partial charge in [-0.05, 0) is 23.5 Å². The average Bonchev–Trinajstić information content (AvgIpc) is 2.41. The van der Waals surface area contributed by atoms with Crippen molar-refractivity contribution in [3.05, 3.63) is 29.0 Å². The highest BCUT2D eigenvalue weighted by Gasteiger charge is 2.20. The number of aliphatic hydroxyl groups excluding tert-OH is 1. The van der Waals surface area contributed by atoms with Gasteiger partial charge in [0.15, 0.2) is 0 Å². The zero-order chi connectivity index (χ0) is 15.9. The summed E-state index contributed by atoms with van der Waals surface area (Å²) >= 11 is 5.72. The number of amides is 2. The topological polar surface area (TPSA) is 65.5 Å². The van der Waals surface area contributed by atoms with Gasteiger partial charge in [0.05, 0.1) is 0 Å². The van der Waals surface area contributed by atoms with Crippen molar-refractivity contribution >= 4 is 17.6 Å². The van der Waals surface area contributed by atoms with Gasteiger partial charge in [0.25, 0.3) is 0 Å². The summed E-state index contributed by atoms with van der Waals surface area (Å²) in [6, 6.07) is 3.40. The number of aliphatic hydroxyl groups is 1. The second-order valence-corrected chi connectivity index (χ2v) is 6.59. The van der Waals surface area contributed by atoms with Crippen molar-refractivity contribution in [3.8, 4) is 0 Å². The van der Waals surface area contributed by atoms with Gasteiger partial charge in [0.1, 0.15) is 5.15 Å². The number of rotatable bonds is 6. The Morgan fingerprint density at radius 1 is 1.43 bits per heavy atom. The number of carbonyl (C=O) groups is 1. The molecule has 0 fully saturated rings. The molecule has 0 aliphatic rings. The molecular formula is C15H24ClN3O2. The summed E-state index contributed by atoms with van der Waals surface area (Å²) in [7, 11) is 0. The maximum absolute atomic E-state index is 12.3. The average molecular weight is 314 g/mol. The van der Waals surface area contributed by atoms with Crippen LogP contribution in [0.3, 0.4) is 0 Å². The zero-order valence-corrected chi connectivity index (χ0v) is 13.7. The van der Waals surface area contributed by atoms with E-state index < -0.39 is 0 Å². The summed E-state index contributed by atoms with van der Waals surface area (Å²) in [5.41, 5.74) is 0.903. The van der Waals surface area contributed by atoms with Gasteiger partial charge < -0.3 is 15.3 Å². The molecule has 0 saturated heterocycles. The Labute approximate surface area is 131 Å². The number of hydrogen-bond donors (Lipinski definition) is 2. The van der Waals surface area contributed by atoms with Gasteiger partial charge in [0, 0.05) is 32.4 Å². The maximum atomic E-state index is 12.3. The molecule has 118 valence electrons. The third kappa shape index (κ3) is 7.29. The Morgan fingerprint density at radius 2 is 2.14 bits per heavy atom. The number of aromatic nitrogens is 1. The lowest BCUT2D eigenvalue weighted by molar-refractivity contribution is 0.164. The fraction of sp³-hybridized carbons (Fsp3) is 0.600. The van der Waals surface area contributed by atoms with E-state index in [2.05, 4.69) is 31.1 Å². The van der Waals surface area contributed by atoms with Crippen molar-refractivity contribution in [1.29, 1.82) is 0 Å². The predicted octanol–water partition coefficient (Wildman–Crippen LogP) is 2.68. The van der Waals surface area contributed by atoms with E-state index in [4.69, 9.17) is 16.7 Å². The van der Waals surface area contributed by atoms with Gasteiger partial charge in [-0.1, -0.05) is 38.4 Å². The van der Waals surface area contributed by atoms with E-state index in [0.717, 1.165) is 5.56 Å². The molecule has 2 amide bonds. The maximum Gasteiger partial charge on any atom is 0.317 e. The Balaban J connectivity index is 2.56. The molecule has 0 aliphatic heterocycles. The molecule has 0 unspecified atom stereocenters. The number of urea groups is 1. The first-order chi connectivity index (χ1) is 9.81. The van der Waals surface area contributed by atoms with Crippen molar-refractivity contribution < 1.29 is 9.90 Å². The minimum Gasteiger partial charge on any atom is -0.396 e.